The van der Waals surface area contributed by atoms with Crippen LogP contribution in [0.4, 0.5) is 0 Å². The highest BCUT2D eigenvalue weighted by Gasteiger charge is 2.23. The van der Waals surface area contributed by atoms with Gasteiger partial charge in [0.1, 0.15) is 13.2 Å². The number of hydrogen-bond acceptors (Lipinski definition) is 6. The van der Waals surface area contributed by atoms with E-state index in [0.29, 0.717) is 17.4 Å². The Morgan fingerprint density at radius 1 is 0.456 bits per heavy atom. The summed E-state index contributed by atoms with van der Waals surface area (Å²) in [4.78, 5) is 25.5. The summed E-state index contributed by atoms with van der Waals surface area (Å²) in [7, 11) is 1.24. The van der Waals surface area contributed by atoms with Gasteiger partial charge in [-0.2, -0.15) is 0 Å². The molecule has 0 spiro atoms. The lowest BCUT2D eigenvalue weighted by Gasteiger charge is -2.29. The predicted molar refractivity (Wildman–Crippen MR) is 343 cm³/mol. The third kappa shape index (κ3) is 61.8. The van der Waals surface area contributed by atoms with Gasteiger partial charge in [0.15, 0.2) is 0 Å². The van der Waals surface area contributed by atoms with Crippen molar-refractivity contribution in [3.63, 3.8) is 0 Å². The molecular formula is C70H119N2O6P. The molecule has 0 aromatic carbocycles. The Bertz CT molecular complexity index is 1790. The molecule has 0 fully saturated rings. The molecule has 0 saturated carbocycles. The molecule has 0 rings (SSSR count). The van der Waals surface area contributed by atoms with Gasteiger partial charge in [-0.1, -0.05) is 275 Å². The molecule has 2 N–H and O–H groups in total. The van der Waals surface area contributed by atoms with E-state index < -0.39 is 26.6 Å². The minimum Gasteiger partial charge on any atom is -0.756 e. The number of phosphoric ester groups is 1. The first-order valence-electron chi connectivity index (χ1n) is 31.7. The Morgan fingerprint density at radius 3 is 1.13 bits per heavy atom. The van der Waals surface area contributed by atoms with Crippen molar-refractivity contribution in [3.8, 4) is 0 Å². The fourth-order valence-corrected chi connectivity index (χ4v) is 9.12. The maximum atomic E-state index is 13.0. The average Bonchev–Trinajstić information content (AvgIpc) is 3.42. The Morgan fingerprint density at radius 2 is 0.772 bits per heavy atom. The smallest absolute Gasteiger partial charge is 0.268 e. The number of aliphatic hydroxyl groups is 1. The number of likely N-dealkylation sites (N-methyl/N-ethyl adjacent to an activating group) is 1. The number of aliphatic hydroxyl groups excluding tert-OH is 1. The molecule has 0 bridgehead atoms. The zero-order valence-electron chi connectivity index (χ0n) is 51.3. The van der Waals surface area contributed by atoms with Crippen LogP contribution < -0.4 is 10.2 Å². The fraction of sp³-hybridized carbons (Fsp3) is 0.643. The quantitative estimate of drug-likeness (QED) is 0.0272. The van der Waals surface area contributed by atoms with Crippen molar-refractivity contribution in [1.29, 1.82) is 0 Å². The van der Waals surface area contributed by atoms with Crippen molar-refractivity contribution in [2.45, 2.75) is 251 Å². The highest BCUT2D eigenvalue weighted by Crippen LogP contribution is 2.38. The van der Waals surface area contributed by atoms with Crippen molar-refractivity contribution in [2.75, 3.05) is 40.9 Å². The number of nitrogens with one attached hydrogen (secondary N) is 1. The molecule has 0 aliphatic heterocycles. The normalized spacial score (nSPS) is 14.8. The van der Waals surface area contributed by atoms with Crippen molar-refractivity contribution in [3.05, 3.63) is 146 Å². The number of carbonyl (C=O) groups is 1. The van der Waals surface area contributed by atoms with E-state index in [1.54, 1.807) is 6.08 Å². The lowest BCUT2D eigenvalue weighted by atomic mass is 10.0. The van der Waals surface area contributed by atoms with Crippen LogP contribution in [0.5, 0.6) is 0 Å². The van der Waals surface area contributed by atoms with Crippen LogP contribution in [-0.2, 0) is 18.4 Å². The van der Waals surface area contributed by atoms with Crippen molar-refractivity contribution in [2.24, 2.45) is 0 Å². The summed E-state index contributed by atoms with van der Waals surface area (Å²) < 4.78 is 23.3. The molecule has 0 aliphatic rings. The van der Waals surface area contributed by atoms with Gasteiger partial charge in [0, 0.05) is 6.42 Å². The van der Waals surface area contributed by atoms with Crippen molar-refractivity contribution in [1.82, 2.24) is 5.32 Å². The summed E-state index contributed by atoms with van der Waals surface area (Å²) in [6.07, 6.45) is 90.8. The number of carbonyl (C=O) groups excluding carboxylic acids is 1. The molecular weight excluding hydrogens is 996 g/mol. The lowest BCUT2D eigenvalue weighted by Crippen LogP contribution is -2.45. The molecule has 0 aromatic heterocycles. The van der Waals surface area contributed by atoms with Crippen LogP contribution in [0.3, 0.4) is 0 Å². The van der Waals surface area contributed by atoms with E-state index in [1.165, 1.54) is 96.3 Å². The summed E-state index contributed by atoms with van der Waals surface area (Å²) in [6.45, 7) is 4.52. The summed E-state index contributed by atoms with van der Waals surface area (Å²) in [5.41, 5.74) is 0. The zero-order chi connectivity index (χ0) is 57.7. The summed E-state index contributed by atoms with van der Waals surface area (Å²) in [5, 5.41) is 13.9. The second-order valence-corrected chi connectivity index (χ2v) is 23.4. The number of phosphoric acid groups is 1. The summed E-state index contributed by atoms with van der Waals surface area (Å²) >= 11 is 0. The van der Waals surface area contributed by atoms with E-state index in [-0.39, 0.29) is 12.5 Å². The number of hydrogen-bond donors (Lipinski definition) is 2. The number of nitrogens with zero attached hydrogens (tertiary/aromatic N) is 1. The Hall–Kier alpha value is -3.62. The maximum absolute atomic E-state index is 13.0. The van der Waals surface area contributed by atoms with Gasteiger partial charge in [-0.15, -0.1) is 0 Å². The molecule has 450 valence electrons. The average molecular weight is 1120 g/mol. The van der Waals surface area contributed by atoms with Gasteiger partial charge in [0.05, 0.1) is 39.9 Å². The minimum absolute atomic E-state index is 0.0102. The van der Waals surface area contributed by atoms with Gasteiger partial charge in [0.25, 0.3) is 7.82 Å². The molecule has 0 radical (unpaired) electrons. The minimum atomic E-state index is -4.61. The standard InChI is InChI=1S/C70H119N2O6P/c1-6-8-10-12-14-16-18-20-22-24-25-26-27-28-29-30-31-32-33-34-35-36-37-38-39-40-41-42-43-44-45-46-47-48-50-52-54-56-58-60-62-64-70(74)71-68(67-78-79(75,76)77-66-65-72(3,4)5)69(73)63-61-59-57-55-53-51-49-23-21-19-17-15-13-11-9-7-2/h8,10,14,16,20,22,25-26,28-29,31-32,34-35,37-38,40-41,43-44,46-47,61,63,68-69,73H,6-7,9,11-13,15,17-19,21,23-24,27,30,33,36,39,42,45,48-60,62,64-67H2,1-5H3,(H-,71,74,75,76)/b10-8-,16-14-,22-20-,26-25-,29-28-,32-31-,35-34-,38-37-,41-40-,44-43-,47-46-,63-61+. The van der Waals surface area contributed by atoms with Gasteiger partial charge in [-0.3, -0.25) is 9.36 Å². The second-order valence-electron chi connectivity index (χ2n) is 22.0. The molecule has 0 saturated heterocycles. The molecule has 0 heterocycles. The number of rotatable bonds is 56. The Labute approximate surface area is 487 Å². The van der Waals surface area contributed by atoms with Crippen LogP contribution in [0, 0.1) is 0 Å². The first kappa shape index (κ1) is 75.4. The largest absolute Gasteiger partial charge is 0.756 e. The molecule has 3 unspecified atom stereocenters. The predicted octanol–water partition coefficient (Wildman–Crippen LogP) is 19.4. The van der Waals surface area contributed by atoms with E-state index in [2.05, 4.69) is 153 Å². The molecule has 9 heteroatoms. The number of amides is 1. The highest BCUT2D eigenvalue weighted by atomic mass is 31.2. The van der Waals surface area contributed by atoms with E-state index in [9.17, 15) is 19.4 Å². The Balaban J connectivity index is 4.16. The van der Waals surface area contributed by atoms with Crippen LogP contribution in [-0.4, -0.2) is 68.5 Å². The number of quaternary nitrogens is 1. The lowest BCUT2D eigenvalue weighted by molar-refractivity contribution is -0.870. The van der Waals surface area contributed by atoms with Crippen LogP contribution in [0.25, 0.3) is 0 Å². The number of allylic oxidation sites excluding steroid dienone is 23. The van der Waals surface area contributed by atoms with E-state index in [1.807, 2.05) is 27.2 Å². The molecule has 8 nitrogen and oxygen atoms in total. The fourth-order valence-electron chi connectivity index (χ4n) is 8.39. The first-order chi connectivity index (χ1) is 38.5. The SMILES string of the molecule is CC/C=C\C/C=C\C/C=C\C/C=C\C/C=C\C/C=C\C/C=C\C/C=C\C/C=C\C/C=C\C/C=C\CCCCCCCCCC(=O)NC(COP(=O)([O-])OCC[N+](C)(C)C)C(O)/C=C/CCCCCCCCCCCCCCCC. The monoisotopic (exact) mass is 1110 g/mol. The molecule has 79 heavy (non-hydrogen) atoms. The van der Waals surface area contributed by atoms with Gasteiger partial charge >= 0.3 is 0 Å². The highest BCUT2D eigenvalue weighted by molar-refractivity contribution is 7.45. The number of unbranched alkanes of at least 4 members (excludes halogenated alkanes) is 21. The van der Waals surface area contributed by atoms with Crippen molar-refractivity contribution >= 4 is 13.7 Å². The zero-order valence-corrected chi connectivity index (χ0v) is 52.2. The van der Waals surface area contributed by atoms with E-state index in [4.69, 9.17) is 9.05 Å². The van der Waals surface area contributed by atoms with Gasteiger partial charge in [-0.25, -0.2) is 0 Å². The van der Waals surface area contributed by atoms with Crippen LogP contribution >= 0.6 is 7.82 Å². The molecule has 0 aliphatic carbocycles. The van der Waals surface area contributed by atoms with Gasteiger partial charge in [-0.05, 0) is 103 Å². The second kappa shape index (κ2) is 59.0. The van der Waals surface area contributed by atoms with Crippen LogP contribution in [0.2, 0.25) is 0 Å². The first-order valence-corrected chi connectivity index (χ1v) is 33.2. The third-order valence-electron chi connectivity index (χ3n) is 13.3. The molecule has 0 aromatic rings. The van der Waals surface area contributed by atoms with Crippen molar-refractivity contribution < 1.29 is 32.9 Å². The maximum Gasteiger partial charge on any atom is 0.268 e. The third-order valence-corrected chi connectivity index (χ3v) is 14.3. The van der Waals surface area contributed by atoms with Crippen LogP contribution in [0.15, 0.2) is 146 Å². The molecule has 3 atom stereocenters. The summed E-state index contributed by atoms with van der Waals surface area (Å²) in [6, 6.07) is -0.903. The molecule has 1 amide bonds. The summed E-state index contributed by atoms with van der Waals surface area (Å²) in [5.74, 6) is -0.214. The van der Waals surface area contributed by atoms with Gasteiger partial charge < -0.3 is 28.8 Å². The van der Waals surface area contributed by atoms with E-state index >= 15 is 0 Å². The van der Waals surface area contributed by atoms with Gasteiger partial charge in [0.2, 0.25) is 5.91 Å². The Kier molecular flexibility index (Phi) is 56.3. The topological polar surface area (TPSA) is 108 Å². The van der Waals surface area contributed by atoms with E-state index in [0.717, 1.165) is 122 Å². The van der Waals surface area contributed by atoms with Crippen LogP contribution in [0.1, 0.15) is 239 Å².